The predicted octanol–water partition coefficient (Wildman–Crippen LogP) is 7.04. The lowest BCUT2D eigenvalue weighted by molar-refractivity contribution is -0.0548. The second-order valence-corrected chi connectivity index (χ2v) is 7.99. The summed E-state index contributed by atoms with van der Waals surface area (Å²) < 4.78 is 11.7. The Labute approximate surface area is 178 Å². The average molecular weight is 407 g/mol. The van der Waals surface area contributed by atoms with Gasteiger partial charge in [0.05, 0.1) is 17.8 Å². The van der Waals surface area contributed by atoms with E-state index < -0.39 is 0 Å². The smallest absolute Gasteiger partial charge is 0.338 e. The Balaban J connectivity index is 2.31. The van der Waals surface area contributed by atoms with E-state index in [2.05, 4.69) is 20.8 Å². The summed E-state index contributed by atoms with van der Waals surface area (Å²) in [6, 6.07) is 6.13. The van der Waals surface area contributed by atoms with Crippen molar-refractivity contribution in [2.45, 2.75) is 110 Å². The van der Waals surface area contributed by atoms with Crippen LogP contribution in [0.25, 0.3) is 0 Å². The van der Waals surface area contributed by atoms with E-state index in [9.17, 15) is 9.90 Å². The van der Waals surface area contributed by atoms with Gasteiger partial charge in [0.25, 0.3) is 0 Å². The highest BCUT2D eigenvalue weighted by atomic mass is 16.6. The van der Waals surface area contributed by atoms with Crippen LogP contribution >= 0.6 is 0 Å². The van der Waals surface area contributed by atoms with Crippen molar-refractivity contribution in [3.8, 4) is 5.75 Å². The number of rotatable bonds is 17. The second kappa shape index (κ2) is 16.3. The first kappa shape index (κ1) is 25.5. The van der Waals surface area contributed by atoms with Crippen LogP contribution in [0.4, 0.5) is 0 Å². The maximum absolute atomic E-state index is 12.2. The van der Waals surface area contributed by atoms with Crippen LogP contribution in [-0.4, -0.2) is 29.9 Å². The van der Waals surface area contributed by atoms with Gasteiger partial charge < -0.3 is 14.6 Å². The molecule has 0 heterocycles. The summed E-state index contributed by atoms with van der Waals surface area (Å²) >= 11 is 0. The molecule has 1 N–H and O–H groups in total. The first-order chi connectivity index (χ1) is 14.1. The number of carbonyl (C=O) groups is 1. The molecule has 4 nitrogen and oxygen atoms in total. The van der Waals surface area contributed by atoms with E-state index in [0.717, 1.165) is 25.7 Å². The third-order valence-electron chi connectivity index (χ3n) is 5.33. The number of aromatic hydroxyl groups is 1. The van der Waals surface area contributed by atoms with Gasteiger partial charge in [-0.25, -0.2) is 4.79 Å². The molecule has 0 aliphatic rings. The van der Waals surface area contributed by atoms with Crippen molar-refractivity contribution < 1.29 is 19.4 Å². The molecule has 0 spiro atoms. The van der Waals surface area contributed by atoms with Crippen molar-refractivity contribution in [1.82, 2.24) is 0 Å². The van der Waals surface area contributed by atoms with E-state index in [1.54, 1.807) is 12.1 Å². The lowest BCUT2D eigenvalue weighted by Gasteiger charge is -2.24. The molecule has 0 aliphatic heterocycles. The van der Waals surface area contributed by atoms with Gasteiger partial charge in [-0.1, -0.05) is 78.6 Å². The van der Waals surface area contributed by atoms with Crippen molar-refractivity contribution in [2.24, 2.45) is 0 Å². The summed E-state index contributed by atoms with van der Waals surface area (Å²) in [5, 5.41) is 9.33. The lowest BCUT2D eigenvalue weighted by atomic mass is 10.0. The first-order valence-electron chi connectivity index (χ1n) is 11.7. The van der Waals surface area contributed by atoms with Crippen molar-refractivity contribution in [3.05, 3.63) is 29.8 Å². The molecule has 166 valence electrons. The van der Waals surface area contributed by atoms with E-state index in [-0.39, 0.29) is 30.5 Å². The summed E-state index contributed by atoms with van der Waals surface area (Å²) in [5.74, 6) is -0.234. The van der Waals surface area contributed by atoms with Crippen molar-refractivity contribution in [2.75, 3.05) is 6.61 Å². The third kappa shape index (κ3) is 11.9. The van der Waals surface area contributed by atoms with Crippen LogP contribution in [0.2, 0.25) is 0 Å². The van der Waals surface area contributed by atoms with Crippen LogP contribution in [-0.2, 0) is 9.47 Å². The molecular weight excluding hydrogens is 364 g/mol. The summed E-state index contributed by atoms with van der Waals surface area (Å²) in [4.78, 5) is 12.2. The molecule has 4 heteroatoms. The fourth-order valence-corrected chi connectivity index (χ4v) is 3.48. The number of carbonyl (C=O) groups excluding carboxylic acids is 1. The Morgan fingerprint density at radius 2 is 1.45 bits per heavy atom. The predicted molar refractivity (Wildman–Crippen MR) is 119 cm³/mol. The molecule has 1 aromatic rings. The number of benzene rings is 1. The summed E-state index contributed by atoms with van der Waals surface area (Å²) in [6.07, 6.45) is 14.8. The Hall–Kier alpha value is -1.55. The summed E-state index contributed by atoms with van der Waals surface area (Å²) in [6.45, 7) is 6.79. The highest BCUT2D eigenvalue weighted by Crippen LogP contribution is 2.18. The van der Waals surface area contributed by atoms with Gasteiger partial charge in [-0.15, -0.1) is 0 Å². The second-order valence-electron chi connectivity index (χ2n) is 7.99. The van der Waals surface area contributed by atoms with Crippen LogP contribution in [0.1, 0.15) is 108 Å². The molecule has 2 atom stereocenters. The highest BCUT2D eigenvalue weighted by molar-refractivity contribution is 5.89. The standard InChI is InChI=1S/C25H42O4/c1-4-7-8-9-10-11-12-13-15-24(14-5-2)29-23(6-3)20-28-25(27)21-16-18-22(26)19-17-21/h16-19,23-24,26H,4-15,20H2,1-3H3/t23-,24?/m0/s1. The van der Waals surface area contributed by atoms with Crippen LogP contribution in [0.3, 0.4) is 0 Å². The Morgan fingerprint density at radius 3 is 2.03 bits per heavy atom. The van der Waals surface area contributed by atoms with Crippen molar-refractivity contribution in [3.63, 3.8) is 0 Å². The molecule has 0 fully saturated rings. The quantitative estimate of drug-likeness (QED) is 0.222. The van der Waals surface area contributed by atoms with Crippen LogP contribution < -0.4 is 0 Å². The molecule has 0 bridgehead atoms. The first-order valence-corrected chi connectivity index (χ1v) is 11.7. The summed E-state index contributed by atoms with van der Waals surface area (Å²) in [7, 11) is 0. The number of hydrogen-bond donors (Lipinski definition) is 1. The topological polar surface area (TPSA) is 55.8 Å². The monoisotopic (exact) mass is 406 g/mol. The van der Waals surface area contributed by atoms with Gasteiger partial charge in [0.15, 0.2) is 0 Å². The SMILES string of the molecule is CCCCCCCCCCC(CCC)O[C@@H](CC)COC(=O)c1ccc(O)cc1. The minimum Gasteiger partial charge on any atom is -0.508 e. The average Bonchev–Trinajstić information content (AvgIpc) is 2.73. The number of esters is 1. The van der Waals surface area contributed by atoms with Crippen molar-refractivity contribution in [1.29, 1.82) is 0 Å². The van der Waals surface area contributed by atoms with Gasteiger partial charge in [-0.05, 0) is 43.5 Å². The Bertz CT molecular complexity index is 526. The molecule has 0 aliphatic carbocycles. The molecule has 0 aromatic heterocycles. The van der Waals surface area contributed by atoms with Gasteiger partial charge in [-0.3, -0.25) is 0 Å². The maximum Gasteiger partial charge on any atom is 0.338 e. The zero-order chi connectivity index (χ0) is 21.3. The third-order valence-corrected chi connectivity index (χ3v) is 5.33. The fourth-order valence-electron chi connectivity index (χ4n) is 3.48. The number of phenols is 1. The van der Waals surface area contributed by atoms with E-state index in [1.807, 2.05) is 0 Å². The lowest BCUT2D eigenvalue weighted by Crippen LogP contribution is -2.27. The zero-order valence-corrected chi connectivity index (χ0v) is 18.8. The Kier molecular flexibility index (Phi) is 14.3. The number of phenolic OH excluding ortho intramolecular Hbond substituents is 1. The molecule has 29 heavy (non-hydrogen) atoms. The zero-order valence-electron chi connectivity index (χ0n) is 18.8. The largest absolute Gasteiger partial charge is 0.508 e. The molecular formula is C25H42O4. The summed E-state index contributed by atoms with van der Waals surface area (Å²) in [5.41, 5.74) is 0.446. The molecule has 0 amide bonds. The molecule has 1 unspecified atom stereocenters. The molecule has 0 radical (unpaired) electrons. The molecule has 1 rings (SSSR count). The van der Waals surface area contributed by atoms with Gasteiger partial charge in [0, 0.05) is 0 Å². The van der Waals surface area contributed by atoms with E-state index in [0.29, 0.717) is 5.56 Å². The van der Waals surface area contributed by atoms with Crippen LogP contribution in [0.15, 0.2) is 24.3 Å². The minimum absolute atomic E-state index is 0.0679. The number of ether oxygens (including phenoxy) is 2. The van der Waals surface area contributed by atoms with E-state index in [1.165, 1.54) is 63.5 Å². The van der Waals surface area contributed by atoms with Crippen LogP contribution in [0, 0.1) is 0 Å². The van der Waals surface area contributed by atoms with E-state index in [4.69, 9.17) is 9.47 Å². The maximum atomic E-state index is 12.2. The minimum atomic E-state index is -0.373. The molecule has 0 saturated carbocycles. The van der Waals surface area contributed by atoms with Gasteiger partial charge in [0.2, 0.25) is 0 Å². The van der Waals surface area contributed by atoms with Gasteiger partial charge in [0.1, 0.15) is 12.4 Å². The van der Waals surface area contributed by atoms with Crippen LogP contribution in [0.5, 0.6) is 5.75 Å². The van der Waals surface area contributed by atoms with Gasteiger partial charge in [-0.2, -0.15) is 0 Å². The fraction of sp³-hybridized carbons (Fsp3) is 0.720. The Morgan fingerprint density at radius 1 is 0.828 bits per heavy atom. The molecule has 1 aromatic carbocycles. The van der Waals surface area contributed by atoms with Crippen molar-refractivity contribution >= 4 is 5.97 Å². The van der Waals surface area contributed by atoms with Gasteiger partial charge >= 0.3 is 5.97 Å². The normalized spacial score (nSPS) is 13.2. The highest BCUT2D eigenvalue weighted by Gasteiger charge is 2.17. The number of hydrogen-bond acceptors (Lipinski definition) is 4. The number of unbranched alkanes of at least 4 members (excludes halogenated alkanes) is 7. The molecule has 0 saturated heterocycles. The van der Waals surface area contributed by atoms with E-state index >= 15 is 0 Å².